The molecule has 0 N–H and O–H groups in total. The van der Waals surface area contributed by atoms with Crippen LogP contribution in [-0.2, 0) is 6.54 Å². The van der Waals surface area contributed by atoms with E-state index in [0.717, 1.165) is 36.7 Å². The summed E-state index contributed by atoms with van der Waals surface area (Å²) in [5.41, 5.74) is 1.90. The predicted molar refractivity (Wildman–Crippen MR) is 97.4 cm³/mol. The summed E-state index contributed by atoms with van der Waals surface area (Å²) in [5.74, 6) is 1.68. The molecule has 4 aromatic heterocycles. The zero-order valence-corrected chi connectivity index (χ0v) is 14.6. The van der Waals surface area contributed by atoms with Gasteiger partial charge < -0.3 is 9.64 Å². The lowest BCUT2D eigenvalue weighted by Crippen LogP contribution is -2.39. The lowest BCUT2D eigenvalue weighted by Gasteiger charge is -2.34. The molecule has 0 saturated carbocycles. The third-order valence-corrected chi connectivity index (χ3v) is 4.71. The average molecular weight is 362 g/mol. The van der Waals surface area contributed by atoms with E-state index < -0.39 is 0 Å². The van der Waals surface area contributed by atoms with Crippen molar-refractivity contribution >= 4 is 11.5 Å². The fourth-order valence-corrected chi connectivity index (χ4v) is 3.41. The highest BCUT2D eigenvalue weighted by atomic mass is 16.5. The number of pyridine rings is 1. The van der Waals surface area contributed by atoms with Gasteiger partial charge in [-0.2, -0.15) is 9.61 Å². The minimum atomic E-state index is 0.207. The molecule has 4 aromatic rings. The standard InChI is InChI=1S/C18H18N8O/c1-2-16(10-19-7-1)27-9-6-15-12-24(11-14-5-8-21-26(14)15)18-4-3-17-22-20-13-25(17)23-18/h1-5,7-8,10,13,15H,6,9,11-12H2. The molecule has 136 valence electrons. The van der Waals surface area contributed by atoms with Gasteiger partial charge in [-0.15, -0.1) is 15.3 Å². The summed E-state index contributed by atoms with van der Waals surface area (Å²) in [4.78, 5) is 6.33. The van der Waals surface area contributed by atoms with Crippen LogP contribution < -0.4 is 9.64 Å². The van der Waals surface area contributed by atoms with Crippen LogP contribution in [0.2, 0.25) is 0 Å². The minimum Gasteiger partial charge on any atom is -0.492 e. The van der Waals surface area contributed by atoms with Crippen LogP contribution in [0.3, 0.4) is 0 Å². The van der Waals surface area contributed by atoms with Gasteiger partial charge in [0.2, 0.25) is 0 Å². The Morgan fingerprint density at radius 1 is 1.15 bits per heavy atom. The van der Waals surface area contributed by atoms with Crippen molar-refractivity contribution in [3.05, 3.63) is 60.9 Å². The van der Waals surface area contributed by atoms with E-state index in [1.165, 1.54) is 5.69 Å². The third-order valence-electron chi connectivity index (χ3n) is 4.71. The molecule has 0 aliphatic carbocycles. The van der Waals surface area contributed by atoms with Crippen LogP contribution in [0.25, 0.3) is 5.65 Å². The van der Waals surface area contributed by atoms with Gasteiger partial charge in [0, 0.05) is 25.4 Å². The number of rotatable bonds is 5. The Morgan fingerprint density at radius 2 is 2.15 bits per heavy atom. The van der Waals surface area contributed by atoms with Gasteiger partial charge in [-0.1, -0.05) is 0 Å². The number of anilines is 1. The minimum absolute atomic E-state index is 0.207. The molecule has 1 aliphatic heterocycles. The van der Waals surface area contributed by atoms with Gasteiger partial charge in [-0.25, -0.2) is 0 Å². The summed E-state index contributed by atoms with van der Waals surface area (Å²) in [6.07, 6.45) is 7.78. The Kier molecular flexibility index (Phi) is 3.89. The Morgan fingerprint density at radius 3 is 3.07 bits per heavy atom. The van der Waals surface area contributed by atoms with Crippen molar-refractivity contribution in [2.24, 2.45) is 0 Å². The highest BCUT2D eigenvalue weighted by Crippen LogP contribution is 2.26. The highest BCUT2D eigenvalue weighted by molar-refractivity contribution is 5.46. The number of ether oxygens (including phenoxy) is 1. The first-order chi connectivity index (χ1) is 13.4. The van der Waals surface area contributed by atoms with Gasteiger partial charge in [0.15, 0.2) is 5.65 Å². The van der Waals surface area contributed by atoms with E-state index >= 15 is 0 Å². The largest absolute Gasteiger partial charge is 0.492 e. The van der Waals surface area contributed by atoms with Gasteiger partial charge in [0.1, 0.15) is 17.9 Å². The zero-order chi connectivity index (χ0) is 18.1. The van der Waals surface area contributed by atoms with Crippen LogP contribution in [0.1, 0.15) is 18.2 Å². The van der Waals surface area contributed by atoms with E-state index in [1.807, 2.05) is 30.5 Å². The lowest BCUT2D eigenvalue weighted by atomic mass is 10.1. The van der Waals surface area contributed by atoms with Gasteiger partial charge >= 0.3 is 0 Å². The average Bonchev–Trinajstić information content (AvgIpc) is 3.37. The maximum Gasteiger partial charge on any atom is 0.177 e. The number of aromatic nitrogens is 7. The molecule has 1 unspecified atom stereocenters. The second-order valence-corrected chi connectivity index (χ2v) is 6.45. The SMILES string of the molecule is c1cncc(OCCC2CN(c3ccc4nncn4n3)Cc3ccnn32)c1. The Hall–Kier alpha value is -3.49. The molecule has 5 rings (SSSR count). The Balaban J connectivity index is 1.34. The van der Waals surface area contributed by atoms with E-state index in [1.54, 1.807) is 23.2 Å². The smallest absolute Gasteiger partial charge is 0.177 e. The maximum atomic E-state index is 5.83. The van der Waals surface area contributed by atoms with Gasteiger partial charge in [0.05, 0.1) is 31.1 Å². The molecule has 0 amide bonds. The molecule has 1 aliphatic rings. The Bertz CT molecular complexity index is 1040. The number of hydrogen-bond acceptors (Lipinski definition) is 7. The van der Waals surface area contributed by atoms with Crippen molar-refractivity contribution in [3.8, 4) is 5.75 Å². The van der Waals surface area contributed by atoms with E-state index in [2.05, 4.69) is 41.0 Å². The van der Waals surface area contributed by atoms with Crippen molar-refractivity contribution in [2.45, 2.75) is 19.0 Å². The summed E-state index contributed by atoms with van der Waals surface area (Å²) in [6.45, 7) is 2.17. The fraction of sp³-hybridized carbons (Fsp3) is 0.278. The molecule has 0 fully saturated rings. The monoisotopic (exact) mass is 362 g/mol. The lowest BCUT2D eigenvalue weighted by molar-refractivity contribution is 0.260. The van der Waals surface area contributed by atoms with Crippen LogP contribution in [0, 0.1) is 0 Å². The summed E-state index contributed by atoms with van der Waals surface area (Å²) in [6, 6.07) is 9.96. The molecular weight excluding hydrogens is 344 g/mol. The van der Waals surface area contributed by atoms with Crippen LogP contribution in [0.5, 0.6) is 5.75 Å². The van der Waals surface area contributed by atoms with E-state index in [9.17, 15) is 0 Å². The van der Waals surface area contributed by atoms with Crippen LogP contribution in [0.15, 0.2) is 55.2 Å². The van der Waals surface area contributed by atoms with Crippen LogP contribution in [-0.4, -0.2) is 47.7 Å². The molecule has 0 spiro atoms. The highest BCUT2D eigenvalue weighted by Gasteiger charge is 2.26. The van der Waals surface area contributed by atoms with Crippen molar-refractivity contribution in [1.82, 2.24) is 34.6 Å². The number of nitrogens with zero attached hydrogens (tertiary/aromatic N) is 8. The molecule has 9 nitrogen and oxygen atoms in total. The fourth-order valence-electron chi connectivity index (χ4n) is 3.41. The first-order valence-electron chi connectivity index (χ1n) is 8.84. The van der Waals surface area contributed by atoms with E-state index in [0.29, 0.717) is 6.61 Å². The summed E-state index contributed by atoms with van der Waals surface area (Å²) >= 11 is 0. The maximum absolute atomic E-state index is 5.83. The van der Waals surface area contributed by atoms with E-state index in [4.69, 9.17) is 4.74 Å². The van der Waals surface area contributed by atoms with Crippen molar-refractivity contribution in [2.75, 3.05) is 18.1 Å². The molecule has 0 radical (unpaired) electrons. The summed E-state index contributed by atoms with van der Waals surface area (Å²) in [5, 5.41) is 17.0. The van der Waals surface area contributed by atoms with Crippen molar-refractivity contribution in [3.63, 3.8) is 0 Å². The van der Waals surface area contributed by atoms with Gasteiger partial charge in [-0.05, 0) is 30.3 Å². The normalized spacial score (nSPS) is 16.4. The zero-order valence-electron chi connectivity index (χ0n) is 14.6. The first-order valence-corrected chi connectivity index (χ1v) is 8.84. The van der Waals surface area contributed by atoms with Crippen LogP contribution >= 0.6 is 0 Å². The molecule has 27 heavy (non-hydrogen) atoms. The number of hydrogen-bond donors (Lipinski definition) is 0. The molecule has 0 bridgehead atoms. The van der Waals surface area contributed by atoms with Gasteiger partial charge in [-0.3, -0.25) is 9.67 Å². The molecule has 9 heteroatoms. The molecule has 0 saturated heterocycles. The Labute approximate surface area is 155 Å². The predicted octanol–water partition coefficient (Wildman–Crippen LogP) is 1.75. The number of fused-ring (bicyclic) bond motifs is 2. The molecule has 1 atom stereocenters. The summed E-state index contributed by atoms with van der Waals surface area (Å²) < 4.78 is 9.62. The quantitative estimate of drug-likeness (QED) is 0.534. The topological polar surface area (TPSA) is 86.3 Å². The molecule has 5 heterocycles. The first kappa shape index (κ1) is 15.7. The van der Waals surface area contributed by atoms with E-state index in [-0.39, 0.29) is 6.04 Å². The van der Waals surface area contributed by atoms with Crippen LogP contribution in [0.4, 0.5) is 5.82 Å². The second kappa shape index (κ2) is 6.67. The van der Waals surface area contributed by atoms with Crippen molar-refractivity contribution < 1.29 is 4.74 Å². The molecule has 0 aromatic carbocycles. The van der Waals surface area contributed by atoms with Crippen molar-refractivity contribution in [1.29, 1.82) is 0 Å². The van der Waals surface area contributed by atoms with Gasteiger partial charge in [0.25, 0.3) is 0 Å². The summed E-state index contributed by atoms with van der Waals surface area (Å²) in [7, 11) is 0. The third kappa shape index (κ3) is 3.07. The second-order valence-electron chi connectivity index (χ2n) is 6.45. The molecular formula is C18H18N8O.